The lowest BCUT2D eigenvalue weighted by atomic mass is 10.0. The Labute approximate surface area is 193 Å². The van der Waals surface area contributed by atoms with Crippen LogP contribution in [0, 0.1) is 18.3 Å². The summed E-state index contributed by atoms with van der Waals surface area (Å²) in [5.41, 5.74) is 2.70. The molecule has 0 saturated heterocycles. The van der Waals surface area contributed by atoms with Gasteiger partial charge < -0.3 is 14.8 Å². The minimum absolute atomic E-state index is 0.0129. The van der Waals surface area contributed by atoms with E-state index >= 15 is 0 Å². The van der Waals surface area contributed by atoms with Crippen LogP contribution in [0.5, 0.6) is 11.5 Å². The zero-order valence-corrected chi connectivity index (χ0v) is 18.5. The van der Waals surface area contributed by atoms with Crippen molar-refractivity contribution in [3.63, 3.8) is 0 Å². The SMILES string of the molecule is CCOc1cc(/C=C(\C#N)C(=O)c2cccc(C)c2)ccc1OCC(=O)Nc1ccccc1. The molecule has 166 valence electrons. The van der Waals surface area contributed by atoms with Crippen molar-refractivity contribution >= 4 is 23.5 Å². The van der Waals surface area contributed by atoms with Gasteiger partial charge in [0.2, 0.25) is 5.78 Å². The lowest BCUT2D eigenvalue weighted by molar-refractivity contribution is -0.118. The number of nitrogens with zero attached hydrogens (tertiary/aromatic N) is 1. The predicted octanol–water partition coefficient (Wildman–Crippen LogP) is 5.20. The molecule has 0 aromatic heterocycles. The van der Waals surface area contributed by atoms with Crippen LogP contribution in [-0.2, 0) is 4.79 Å². The first-order valence-corrected chi connectivity index (χ1v) is 10.5. The number of amides is 1. The van der Waals surface area contributed by atoms with Crippen molar-refractivity contribution in [1.82, 2.24) is 0 Å². The van der Waals surface area contributed by atoms with Gasteiger partial charge in [0, 0.05) is 11.3 Å². The fourth-order valence-corrected chi connectivity index (χ4v) is 3.12. The monoisotopic (exact) mass is 440 g/mol. The Balaban J connectivity index is 1.76. The molecule has 1 N–H and O–H groups in total. The predicted molar refractivity (Wildman–Crippen MR) is 127 cm³/mol. The molecule has 0 bridgehead atoms. The van der Waals surface area contributed by atoms with E-state index in [1.54, 1.807) is 48.5 Å². The van der Waals surface area contributed by atoms with E-state index in [-0.39, 0.29) is 23.9 Å². The minimum Gasteiger partial charge on any atom is -0.490 e. The highest BCUT2D eigenvalue weighted by Gasteiger charge is 2.14. The molecule has 0 fully saturated rings. The average Bonchev–Trinajstić information content (AvgIpc) is 2.82. The van der Waals surface area contributed by atoms with Crippen molar-refractivity contribution < 1.29 is 19.1 Å². The topological polar surface area (TPSA) is 88.4 Å². The third-order valence-corrected chi connectivity index (χ3v) is 4.64. The smallest absolute Gasteiger partial charge is 0.262 e. The van der Waals surface area contributed by atoms with E-state index in [1.165, 1.54) is 6.08 Å². The summed E-state index contributed by atoms with van der Waals surface area (Å²) in [4.78, 5) is 24.9. The minimum atomic E-state index is -0.350. The molecular formula is C27H24N2O4. The van der Waals surface area contributed by atoms with Crippen molar-refractivity contribution in [2.45, 2.75) is 13.8 Å². The molecule has 3 aromatic rings. The number of allylic oxidation sites excluding steroid dienone is 1. The zero-order valence-electron chi connectivity index (χ0n) is 18.5. The number of carbonyl (C=O) groups excluding carboxylic acids is 2. The molecule has 0 heterocycles. The van der Waals surface area contributed by atoms with Gasteiger partial charge >= 0.3 is 0 Å². The third kappa shape index (κ3) is 6.55. The number of carbonyl (C=O) groups is 2. The number of ketones is 1. The number of aryl methyl sites for hydroxylation is 1. The first-order valence-electron chi connectivity index (χ1n) is 10.5. The summed E-state index contributed by atoms with van der Waals surface area (Å²) >= 11 is 0. The van der Waals surface area contributed by atoms with Gasteiger partial charge in [-0.1, -0.05) is 48.0 Å². The number of nitrogens with one attached hydrogen (secondary N) is 1. The summed E-state index contributed by atoms with van der Waals surface area (Å²) in [6.45, 7) is 3.91. The molecule has 0 saturated carbocycles. The standard InChI is InChI=1S/C27H24N2O4/c1-3-32-25-16-20(15-22(17-28)27(31)21-9-7-8-19(2)14-21)12-13-24(25)33-18-26(30)29-23-10-5-4-6-11-23/h4-16H,3,18H2,1-2H3,(H,29,30)/b22-15+. The van der Waals surface area contributed by atoms with E-state index in [0.717, 1.165) is 5.56 Å². The summed E-state index contributed by atoms with van der Waals surface area (Å²) < 4.78 is 11.3. The largest absolute Gasteiger partial charge is 0.490 e. The highest BCUT2D eigenvalue weighted by Crippen LogP contribution is 2.29. The molecule has 3 aromatic carbocycles. The number of Topliss-reactive ketones (excluding diaryl/α,β-unsaturated/α-hetero) is 1. The summed E-state index contributed by atoms with van der Waals surface area (Å²) in [6.07, 6.45) is 1.51. The molecule has 0 radical (unpaired) electrons. The normalized spacial score (nSPS) is 10.8. The van der Waals surface area contributed by atoms with Crippen LogP contribution in [0.4, 0.5) is 5.69 Å². The van der Waals surface area contributed by atoms with Gasteiger partial charge in [-0.05, 0) is 55.8 Å². The van der Waals surface area contributed by atoms with E-state index in [9.17, 15) is 14.9 Å². The van der Waals surface area contributed by atoms with E-state index in [4.69, 9.17) is 9.47 Å². The van der Waals surface area contributed by atoms with Crippen molar-refractivity contribution in [3.05, 3.63) is 95.1 Å². The van der Waals surface area contributed by atoms with Gasteiger partial charge in [-0.25, -0.2) is 0 Å². The van der Waals surface area contributed by atoms with E-state index in [1.807, 2.05) is 44.2 Å². The maximum atomic E-state index is 12.7. The molecular weight excluding hydrogens is 416 g/mol. The Morgan fingerprint density at radius 2 is 1.76 bits per heavy atom. The first kappa shape index (κ1) is 23.3. The van der Waals surface area contributed by atoms with Crippen LogP contribution in [0.15, 0.2) is 78.4 Å². The summed E-state index contributed by atoms with van der Waals surface area (Å²) in [6, 6.07) is 23.2. The Hall–Kier alpha value is -4.37. The lowest BCUT2D eigenvalue weighted by Crippen LogP contribution is -2.20. The molecule has 0 spiro atoms. The number of benzene rings is 3. The second-order valence-electron chi connectivity index (χ2n) is 7.21. The highest BCUT2D eigenvalue weighted by molar-refractivity contribution is 6.14. The fraction of sp³-hybridized carbons (Fsp3) is 0.148. The average molecular weight is 440 g/mol. The number of hydrogen-bond donors (Lipinski definition) is 1. The Bertz CT molecular complexity index is 1210. The third-order valence-electron chi connectivity index (χ3n) is 4.64. The van der Waals surface area contributed by atoms with Crippen molar-refractivity contribution in [3.8, 4) is 17.6 Å². The van der Waals surface area contributed by atoms with E-state index in [0.29, 0.717) is 34.9 Å². The second-order valence-corrected chi connectivity index (χ2v) is 7.21. The number of anilines is 1. The molecule has 0 unspecified atom stereocenters. The molecule has 33 heavy (non-hydrogen) atoms. The van der Waals surface area contributed by atoms with Crippen LogP contribution in [-0.4, -0.2) is 24.9 Å². The van der Waals surface area contributed by atoms with E-state index < -0.39 is 0 Å². The summed E-state index contributed by atoms with van der Waals surface area (Å²) in [7, 11) is 0. The Morgan fingerprint density at radius 1 is 0.970 bits per heavy atom. The zero-order chi connectivity index (χ0) is 23.6. The van der Waals surface area contributed by atoms with Gasteiger partial charge in [-0.2, -0.15) is 5.26 Å². The van der Waals surface area contributed by atoms with Crippen LogP contribution in [0.2, 0.25) is 0 Å². The van der Waals surface area contributed by atoms with Gasteiger partial charge in [-0.3, -0.25) is 9.59 Å². The number of para-hydroxylation sites is 1. The Kier molecular flexibility index (Phi) is 7.98. The molecule has 6 nitrogen and oxygen atoms in total. The van der Waals surface area contributed by atoms with Crippen LogP contribution in [0.1, 0.15) is 28.4 Å². The summed E-state index contributed by atoms with van der Waals surface area (Å²) in [5.74, 6) is 0.153. The molecule has 0 aliphatic heterocycles. The van der Waals surface area contributed by atoms with E-state index in [2.05, 4.69) is 5.32 Å². The van der Waals surface area contributed by atoms with Crippen LogP contribution < -0.4 is 14.8 Å². The van der Waals surface area contributed by atoms with Crippen molar-refractivity contribution in [2.75, 3.05) is 18.5 Å². The lowest BCUT2D eigenvalue weighted by Gasteiger charge is -2.13. The first-order chi connectivity index (χ1) is 16.0. The van der Waals surface area contributed by atoms with Gasteiger partial charge in [0.05, 0.1) is 6.61 Å². The van der Waals surface area contributed by atoms with Gasteiger partial charge in [-0.15, -0.1) is 0 Å². The Morgan fingerprint density at radius 3 is 2.45 bits per heavy atom. The van der Waals surface area contributed by atoms with Crippen LogP contribution in [0.3, 0.4) is 0 Å². The van der Waals surface area contributed by atoms with Crippen LogP contribution >= 0.6 is 0 Å². The molecule has 0 aliphatic carbocycles. The molecule has 0 aliphatic rings. The maximum absolute atomic E-state index is 12.7. The number of nitriles is 1. The van der Waals surface area contributed by atoms with Gasteiger partial charge in [0.25, 0.3) is 5.91 Å². The molecule has 0 atom stereocenters. The van der Waals surface area contributed by atoms with Crippen molar-refractivity contribution in [1.29, 1.82) is 5.26 Å². The van der Waals surface area contributed by atoms with Gasteiger partial charge in [0.1, 0.15) is 11.6 Å². The van der Waals surface area contributed by atoms with Crippen molar-refractivity contribution in [2.24, 2.45) is 0 Å². The molecule has 6 heteroatoms. The second kappa shape index (κ2) is 11.3. The number of rotatable bonds is 9. The molecule has 3 rings (SSSR count). The van der Waals surface area contributed by atoms with Gasteiger partial charge in [0.15, 0.2) is 18.1 Å². The number of hydrogen-bond acceptors (Lipinski definition) is 5. The number of ether oxygens (including phenoxy) is 2. The molecule has 1 amide bonds. The fourth-order valence-electron chi connectivity index (χ4n) is 3.12. The van der Waals surface area contributed by atoms with Crippen LogP contribution in [0.25, 0.3) is 6.08 Å². The summed E-state index contributed by atoms with van der Waals surface area (Å²) in [5, 5.41) is 12.3. The maximum Gasteiger partial charge on any atom is 0.262 e. The highest BCUT2D eigenvalue weighted by atomic mass is 16.5. The quantitative estimate of drug-likeness (QED) is 0.281.